The normalized spacial score (nSPS) is 14.8. The van der Waals surface area contributed by atoms with Gasteiger partial charge in [0.15, 0.2) is 11.5 Å². The first kappa shape index (κ1) is 32.2. The third-order valence-corrected chi connectivity index (χ3v) is 9.70. The first-order chi connectivity index (χ1) is 23.8. The van der Waals surface area contributed by atoms with Crippen molar-refractivity contribution < 1.29 is 19.0 Å². The molecular formula is C40H40N4O5. The maximum absolute atomic E-state index is 14.1. The minimum absolute atomic E-state index is 0.0137. The molecule has 9 nitrogen and oxygen atoms in total. The zero-order valence-corrected chi connectivity index (χ0v) is 27.8. The highest BCUT2D eigenvalue weighted by atomic mass is 16.5. The van der Waals surface area contributed by atoms with Crippen molar-refractivity contribution in [2.24, 2.45) is 11.7 Å². The Bertz CT molecular complexity index is 2060. The third-order valence-electron chi connectivity index (χ3n) is 9.70. The molecule has 1 amide bonds. The highest BCUT2D eigenvalue weighted by molar-refractivity contribution is 6.00. The van der Waals surface area contributed by atoms with Gasteiger partial charge in [-0.25, -0.2) is 4.98 Å². The standard InChI is InChI=1S/C40H40N4O5/c1-47-34-14-13-30(20-35(34)48-2)31-19-32(39(41)43-21-31)27-9-11-29(12-10-27)37-36(40(42)46)38(45)33(23-44(37)22-24-15-17-49-18-16-24)28-7-5-26(6-8-28)25-3-4-25/h5-14,19-21,23-25H,3-4,15-18,22H2,1-2H3,(H2,41,43)(H2,42,46). The topological polar surface area (TPSA) is 132 Å². The Balaban J connectivity index is 1.30. The van der Waals surface area contributed by atoms with E-state index in [1.54, 1.807) is 20.4 Å². The van der Waals surface area contributed by atoms with Crippen molar-refractivity contribution in [1.29, 1.82) is 0 Å². The van der Waals surface area contributed by atoms with Crippen molar-refractivity contribution in [3.05, 3.63) is 107 Å². The first-order valence-corrected chi connectivity index (χ1v) is 16.7. The molecule has 3 aromatic carbocycles. The van der Waals surface area contributed by atoms with Gasteiger partial charge < -0.3 is 30.2 Å². The van der Waals surface area contributed by atoms with Gasteiger partial charge in [0.2, 0.25) is 5.43 Å². The summed E-state index contributed by atoms with van der Waals surface area (Å²) in [4.78, 5) is 31.7. The SMILES string of the molecule is COc1ccc(-c2cnc(N)c(-c3ccc(-c4c(C(N)=O)c(=O)c(-c5ccc(C6CC6)cc5)cn4CC4CCOCC4)cc3)c2)cc1OC. The smallest absolute Gasteiger partial charge is 0.254 e. The summed E-state index contributed by atoms with van der Waals surface area (Å²) in [6.45, 7) is 1.99. The summed E-state index contributed by atoms with van der Waals surface area (Å²) < 4.78 is 18.6. The van der Waals surface area contributed by atoms with Crippen molar-refractivity contribution >= 4 is 11.7 Å². The summed E-state index contributed by atoms with van der Waals surface area (Å²) in [5, 5.41) is 0. The molecule has 250 valence electrons. The van der Waals surface area contributed by atoms with Crippen molar-refractivity contribution in [3.63, 3.8) is 0 Å². The zero-order chi connectivity index (χ0) is 34.1. The average molecular weight is 657 g/mol. The minimum atomic E-state index is -0.752. The largest absolute Gasteiger partial charge is 0.493 e. The molecule has 1 aliphatic carbocycles. The highest BCUT2D eigenvalue weighted by Gasteiger charge is 2.26. The lowest BCUT2D eigenvalue weighted by Crippen LogP contribution is -2.29. The van der Waals surface area contributed by atoms with Crippen LogP contribution in [0.15, 0.2) is 90.0 Å². The summed E-state index contributed by atoms with van der Waals surface area (Å²) in [6.07, 6.45) is 7.80. The van der Waals surface area contributed by atoms with Gasteiger partial charge in [0.25, 0.3) is 5.91 Å². The Morgan fingerprint density at radius 1 is 0.816 bits per heavy atom. The number of nitrogen functional groups attached to an aromatic ring is 1. The van der Waals surface area contributed by atoms with Crippen LogP contribution in [0.2, 0.25) is 0 Å². The molecule has 1 saturated carbocycles. The van der Waals surface area contributed by atoms with Gasteiger partial charge in [0.05, 0.1) is 19.9 Å². The van der Waals surface area contributed by atoms with Crippen molar-refractivity contribution in [1.82, 2.24) is 9.55 Å². The second kappa shape index (κ2) is 13.6. The number of primary amides is 1. The molecule has 2 fully saturated rings. The van der Waals surface area contributed by atoms with Crippen LogP contribution in [-0.2, 0) is 11.3 Å². The van der Waals surface area contributed by atoms with E-state index in [0.29, 0.717) is 65.7 Å². The fourth-order valence-corrected chi connectivity index (χ4v) is 6.80. The number of aromatic nitrogens is 2. The number of ether oxygens (including phenoxy) is 3. The zero-order valence-electron chi connectivity index (χ0n) is 27.8. The third kappa shape index (κ3) is 6.54. The summed E-state index contributed by atoms with van der Waals surface area (Å²) >= 11 is 0. The molecule has 1 aliphatic heterocycles. The lowest BCUT2D eigenvalue weighted by molar-refractivity contribution is 0.0613. The Labute approximate surface area is 285 Å². The molecule has 9 heteroatoms. The van der Waals surface area contributed by atoms with E-state index in [0.717, 1.165) is 40.7 Å². The van der Waals surface area contributed by atoms with E-state index in [1.807, 2.05) is 71.4 Å². The molecule has 5 aromatic rings. The summed E-state index contributed by atoms with van der Waals surface area (Å²) in [5.41, 5.74) is 19.1. The van der Waals surface area contributed by atoms with Crippen LogP contribution >= 0.6 is 0 Å². The summed E-state index contributed by atoms with van der Waals surface area (Å²) in [7, 11) is 3.20. The summed E-state index contributed by atoms with van der Waals surface area (Å²) in [5.74, 6) is 1.80. The quantitative estimate of drug-likeness (QED) is 0.167. The molecule has 4 N–H and O–H groups in total. The molecule has 1 saturated heterocycles. The molecule has 0 radical (unpaired) electrons. The van der Waals surface area contributed by atoms with Crippen LogP contribution in [0.4, 0.5) is 5.82 Å². The molecule has 2 aliphatic rings. The number of nitrogens with two attached hydrogens (primary N) is 2. The van der Waals surface area contributed by atoms with Gasteiger partial charge >= 0.3 is 0 Å². The summed E-state index contributed by atoms with van der Waals surface area (Å²) in [6, 6.07) is 23.5. The van der Waals surface area contributed by atoms with Crippen molar-refractivity contribution in [2.45, 2.75) is 38.1 Å². The lowest BCUT2D eigenvalue weighted by Gasteiger charge is -2.26. The number of benzene rings is 3. The molecule has 0 unspecified atom stereocenters. The predicted octanol–water partition coefficient (Wildman–Crippen LogP) is 6.91. The van der Waals surface area contributed by atoms with Gasteiger partial charge in [-0.15, -0.1) is 0 Å². The maximum atomic E-state index is 14.1. The fraction of sp³-hybridized carbons (Fsp3) is 0.275. The monoisotopic (exact) mass is 656 g/mol. The van der Waals surface area contributed by atoms with E-state index in [-0.39, 0.29) is 11.0 Å². The average Bonchev–Trinajstić information content (AvgIpc) is 3.98. The highest BCUT2D eigenvalue weighted by Crippen LogP contribution is 2.41. The Hall–Kier alpha value is -5.41. The molecule has 0 spiro atoms. The number of hydrogen-bond donors (Lipinski definition) is 2. The lowest BCUT2D eigenvalue weighted by atomic mass is 9.94. The number of carbonyl (C=O) groups is 1. The van der Waals surface area contributed by atoms with Crippen LogP contribution in [0.25, 0.3) is 44.6 Å². The minimum Gasteiger partial charge on any atom is -0.493 e. The molecule has 2 aromatic heterocycles. The van der Waals surface area contributed by atoms with Crippen LogP contribution < -0.4 is 26.4 Å². The molecular weight excluding hydrogens is 616 g/mol. The van der Waals surface area contributed by atoms with Crippen LogP contribution in [0, 0.1) is 5.92 Å². The Morgan fingerprint density at radius 3 is 2.10 bits per heavy atom. The molecule has 0 bridgehead atoms. The Kier molecular flexibility index (Phi) is 8.93. The van der Waals surface area contributed by atoms with E-state index in [1.165, 1.54) is 18.4 Å². The molecule has 0 atom stereocenters. The fourth-order valence-electron chi connectivity index (χ4n) is 6.80. The number of carbonyl (C=O) groups excluding carboxylic acids is 1. The number of pyridine rings is 2. The Morgan fingerprint density at radius 2 is 1.45 bits per heavy atom. The molecule has 3 heterocycles. The van der Waals surface area contributed by atoms with E-state index >= 15 is 0 Å². The second-order valence-corrected chi connectivity index (χ2v) is 12.9. The van der Waals surface area contributed by atoms with Gasteiger partial charge in [-0.1, -0.05) is 54.6 Å². The van der Waals surface area contributed by atoms with Crippen LogP contribution in [0.3, 0.4) is 0 Å². The second-order valence-electron chi connectivity index (χ2n) is 12.9. The van der Waals surface area contributed by atoms with Crippen molar-refractivity contribution in [3.8, 4) is 56.1 Å². The van der Waals surface area contributed by atoms with E-state index in [4.69, 9.17) is 25.7 Å². The number of anilines is 1. The number of rotatable bonds is 10. The van der Waals surface area contributed by atoms with Gasteiger partial charge in [-0.3, -0.25) is 9.59 Å². The molecule has 49 heavy (non-hydrogen) atoms. The molecule has 7 rings (SSSR count). The van der Waals surface area contributed by atoms with E-state index in [9.17, 15) is 9.59 Å². The number of methoxy groups -OCH3 is 2. The number of hydrogen-bond acceptors (Lipinski definition) is 7. The van der Waals surface area contributed by atoms with Gasteiger partial charge in [-0.05, 0) is 83.5 Å². The predicted molar refractivity (Wildman–Crippen MR) is 192 cm³/mol. The maximum Gasteiger partial charge on any atom is 0.254 e. The van der Waals surface area contributed by atoms with Crippen LogP contribution in [0.5, 0.6) is 11.5 Å². The van der Waals surface area contributed by atoms with Crippen molar-refractivity contribution in [2.75, 3.05) is 33.2 Å². The number of nitrogens with zero attached hydrogens (tertiary/aromatic N) is 2. The first-order valence-electron chi connectivity index (χ1n) is 16.7. The number of amides is 1. The van der Waals surface area contributed by atoms with Gasteiger partial charge in [0, 0.05) is 48.8 Å². The van der Waals surface area contributed by atoms with Crippen LogP contribution in [-0.4, -0.2) is 42.9 Å². The van der Waals surface area contributed by atoms with Gasteiger partial charge in [-0.2, -0.15) is 0 Å². The van der Waals surface area contributed by atoms with E-state index in [2.05, 4.69) is 17.1 Å². The van der Waals surface area contributed by atoms with Gasteiger partial charge in [0.1, 0.15) is 11.4 Å². The van der Waals surface area contributed by atoms with E-state index < -0.39 is 5.91 Å². The van der Waals surface area contributed by atoms with Crippen LogP contribution in [0.1, 0.15) is 47.5 Å².